The number of pyridine rings is 1. The van der Waals surface area contributed by atoms with E-state index in [1.165, 1.54) is 0 Å². The largest absolute Gasteiger partial charge is 0.397 e. The van der Waals surface area contributed by atoms with Gasteiger partial charge in [-0.2, -0.15) is 0 Å². The molecule has 94 valence electrons. The summed E-state index contributed by atoms with van der Waals surface area (Å²) in [5, 5.41) is 3.36. The van der Waals surface area contributed by atoms with E-state index in [-0.39, 0.29) is 0 Å². The molecule has 5 heteroatoms. The molecular weight excluding hydrogens is 282 g/mol. The maximum absolute atomic E-state index is 5.79. The second kappa shape index (κ2) is 5.23. The predicted octanol–water partition coefficient (Wildman–Crippen LogP) is 2.57. The zero-order chi connectivity index (χ0) is 12.4. The monoisotopic (exact) mass is 299 g/mol. The maximum Gasteiger partial charge on any atom is 0.140 e. The summed E-state index contributed by atoms with van der Waals surface area (Å²) in [6.07, 6.45) is 3.13. The van der Waals surface area contributed by atoms with Gasteiger partial charge in [0.2, 0.25) is 0 Å². The van der Waals surface area contributed by atoms with E-state index in [2.05, 4.69) is 33.2 Å². The number of hydrogen-bond donors (Lipinski definition) is 2. The lowest BCUT2D eigenvalue weighted by atomic mass is 10.0. The van der Waals surface area contributed by atoms with Crippen LogP contribution >= 0.6 is 15.9 Å². The summed E-state index contributed by atoms with van der Waals surface area (Å²) in [6.45, 7) is 5.85. The molecule has 2 heterocycles. The Labute approximate surface area is 110 Å². The van der Waals surface area contributed by atoms with Crippen molar-refractivity contribution in [2.45, 2.75) is 26.4 Å². The Morgan fingerprint density at radius 2 is 2.41 bits per heavy atom. The van der Waals surface area contributed by atoms with Crippen LogP contribution in [0.2, 0.25) is 0 Å². The van der Waals surface area contributed by atoms with Gasteiger partial charge in [-0.05, 0) is 41.8 Å². The molecule has 2 unspecified atom stereocenters. The minimum Gasteiger partial charge on any atom is -0.397 e. The molecule has 17 heavy (non-hydrogen) atoms. The van der Waals surface area contributed by atoms with Crippen molar-refractivity contribution in [3.63, 3.8) is 0 Å². The number of nitrogens with two attached hydrogens (primary N) is 1. The summed E-state index contributed by atoms with van der Waals surface area (Å²) >= 11 is 3.52. The van der Waals surface area contributed by atoms with Gasteiger partial charge in [-0.15, -0.1) is 0 Å². The average molecular weight is 300 g/mol. The van der Waals surface area contributed by atoms with Crippen LogP contribution in [0.15, 0.2) is 10.7 Å². The topological polar surface area (TPSA) is 60.2 Å². The minimum atomic E-state index is 0.330. The minimum absolute atomic E-state index is 0.330. The van der Waals surface area contributed by atoms with Crippen LogP contribution in [0.25, 0.3) is 0 Å². The Kier molecular flexibility index (Phi) is 3.89. The van der Waals surface area contributed by atoms with Crippen LogP contribution in [-0.4, -0.2) is 24.2 Å². The number of nitrogen functional groups attached to an aromatic ring is 1. The van der Waals surface area contributed by atoms with Crippen molar-refractivity contribution < 1.29 is 4.74 Å². The van der Waals surface area contributed by atoms with Crippen LogP contribution in [0.3, 0.4) is 0 Å². The normalized spacial score (nSPS) is 23.9. The fraction of sp³-hybridized carbons (Fsp3) is 0.583. The first-order chi connectivity index (χ1) is 8.09. The molecule has 0 radical (unpaired) electrons. The number of halogens is 1. The summed E-state index contributed by atoms with van der Waals surface area (Å²) in [4.78, 5) is 4.30. The molecule has 1 fully saturated rings. The summed E-state index contributed by atoms with van der Waals surface area (Å²) < 4.78 is 6.48. The Morgan fingerprint density at radius 1 is 1.65 bits per heavy atom. The molecule has 0 spiro atoms. The van der Waals surface area contributed by atoms with Gasteiger partial charge < -0.3 is 15.8 Å². The average Bonchev–Trinajstić information content (AvgIpc) is 2.71. The highest BCUT2D eigenvalue weighted by atomic mass is 79.9. The van der Waals surface area contributed by atoms with Crippen LogP contribution in [0.1, 0.15) is 18.9 Å². The van der Waals surface area contributed by atoms with Gasteiger partial charge in [0, 0.05) is 19.1 Å². The van der Waals surface area contributed by atoms with E-state index < -0.39 is 0 Å². The molecule has 0 bridgehead atoms. The lowest BCUT2D eigenvalue weighted by Gasteiger charge is -2.16. The quantitative estimate of drug-likeness (QED) is 0.900. The summed E-state index contributed by atoms with van der Waals surface area (Å²) in [7, 11) is 0. The third-order valence-corrected chi connectivity index (χ3v) is 4.34. The number of ether oxygens (including phenoxy) is 1. The fourth-order valence-electron chi connectivity index (χ4n) is 1.99. The Balaban J connectivity index is 2.02. The number of anilines is 2. The Hall–Kier alpha value is -0.810. The highest BCUT2D eigenvalue weighted by Gasteiger charge is 2.24. The van der Waals surface area contributed by atoms with E-state index in [0.717, 1.165) is 35.4 Å². The summed E-state index contributed by atoms with van der Waals surface area (Å²) in [5.74, 6) is 1.41. The van der Waals surface area contributed by atoms with Crippen molar-refractivity contribution in [2.75, 3.05) is 24.2 Å². The highest BCUT2D eigenvalue weighted by Crippen LogP contribution is 2.28. The third-order valence-electron chi connectivity index (χ3n) is 3.37. The molecule has 2 atom stereocenters. The second-order valence-electron chi connectivity index (χ2n) is 4.51. The van der Waals surface area contributed by atoms with E-state index in [0.29, 0.717) is 17.7 Å². The van der Waals surface area contributed by atoms with E-state index in [9.17, 15) is 0 Å². The van der Waals surface area contributed by atoms with Crippen LogP contribution in [0.5, 0.6) is 0 Å². The van der Waals surface area contributed by atoms with Gasteiger partial charge in [0.05, 0.1) is 22.5 Å². The number of rotatable bonds is 3. The molecule has 0 saturated carbocycles. The molecule has 3 N–H and O–H groups in total. The first-order valence-electron chi connectivity index (χ1n) is 5.85. The number of hydrogen-bond acceptors (Lipinski definition) is 4. The molecule has 0 aliphatic carbocycles. The molecule has 0 amide bonds. The van der Waals surface area contributed by atoms with Crippen molar-refractivity contribution in [1.29, 1.82) is 0 Å². The third kappa shape index (κ3) is 2.72. The molecule has 4 nitrogen and oxygen atoms in total. The number of nitrogens with one attached hydrogen (secondary N) is 1. The molecule has 1 aliphatic rings. The van der Waals surface area contributed by atoms with Gasteiger partial charge in [0.1, 0.15) is 5.82 Å². The molecular formula is C12H18BrN3O. The molecule has 2 rings (SSSR count). The predicted molar refractivity (Wildman–Crippen MR) is 73.1 cm³/mol. The van der Waals surface area contributed by atoms with Crippen LogP contribution < -0.4 is 11.1 Å². The lowest BCUT2D eigenvalue weighted by Crippen LogP contribution is -2.21. The zero-order valence-electron chi connectivity index (χ0n) is 10.2. The van der Waals surface area contributed by atoms with Crippen molar-refractivity contribution in [2.24, 2.45) is 5.92 Å². The molecule has 1 aromatic rings. The van der Waals surface area contributed by atoms with E-state index in [1.54, 1.807) is 6.20 Å². The standard InChI is InChI=1S/C12H18BrN3O/c1-7-10(14)6-16-12(11(7)13)15-5-9-3-4-17-8(9)2/h6,8-9H,3-5,14H2,1-2H3,(H,15,16). The van der Waals surface area contributed by atoms with Gasteiger partial charge >= 0.3 is 0 Å². The maximum atomic E-state index is 5.79. The lowest BCUT2D eigenvalue weighted by molar-refractivity contribution is 0.108. The Morgan fingerprint density at radius 3 is 3.06 bits per heavy atom. The van der Waals surface area contributed by atoms with Crippen LogP contribution in [0, 0.1) is 12.8 Å². The molecule has 1 aliphatic heterocycles. The fourth-order valence-corrected chi connectivity index (χ4v) is 2.46. The first-order valence-corrected chi connectivity index (χ1v) is 6.65. The van der Waals surface area contributed by atoms with E-state index >= 15 is 0 Å². The van der Waals surface area contributed by atoms with Crippen molar-refractivity contribution >= 4 is 27.4 Å². The van der Waals surface area contributed by atoms with E-state index in [4.69, 9.17) is 10.5 Å². The Bertz CT molecular complexity index is 411. The van der Waals surface area contributed by atoms with Crippen LogP contribution in [-0.2, 0) is 4.74 Å². The summed E-state index contributed by atoms with van der Waals surface area (Å²) in [6, 6.07) is 0. The molecule has 1 saturated heterocycles. The van der Waals surface area contributed by atoms with Crippen molar-refractivity contribution in [3.8, 4) is 0 Å². The van der Waals surface area contributed by atoms with Crippen LogP contribution in [0.4, 0.5) is 11.5 Å². The van der Waals surface area contributed by atoms with Crippen molar-refractivity contribution in [3.05, 3.63) is 16.2 Å². The summed E-state index contributed by atoms with van der Waals surface area (Å²) in [5.41, 5.74) is 7.52. The van der Waals surface area contributed by atoms with Gasteiger partial charge in [-0.25, -0.2) is 4.98 Å². The highest BCUT2D eigenvalue weighted by molar-refractivity contribution is 9.10. The zero-order valence-corrected chi connectivity index (χ0v) is 11.8. The molecule has 0 aromatic carbocycles. The number of nitrogens with zero attached hydrogens (tertiary/aromatic N) is 1. The van der Waals surface area contributed by atoms with Gasteiger partial charge in [0.15, 0.2) is 0 Å². The number of aromatic nitrogens is 1. The van der Waals surface area contributed by atoms with Gasteiger partial charge in [-0.3, -0.25) is 0 Å². The van der Waals surface area contributed by atoms with Crippen molar-refractivity contribution in [1.82, 2.24) is 4.98 Å². The van der Waals surface area contributed by atoms with Gasteiger partial charge in [0.25, 0.3) is 0 Å². The van der Waals surface area contributed by atoms with E-state index in [1.807, 2.05) is 6.92 Å². The smallest absolute Gasteiger partial charge is 0.140 e. The molecule has 1 aromatic heterocycles. The first kappa shape index (κ1) is 12.6. The SMILES string of the molecule is Cc1c(N)cnc(NCC2CCOC2C)c1Br. The van der Waals surface area contributed by atoms with Gasteiger partial charge in [-0.1, -0.05) is 0 Å². The second-order valence-corrected chi connectivity index (χ2v) is 5.30.